The zero-order valence-electron chi connectivity index (χ0n) is 26.7. The lowest BCUT2D eigenvalue weighted by molar-refractivity contribution is 0.403. The van der Waals surface area contributed by atoms with Crippen molar-refractivity contribution in [1.82, 2.24) is 0 Å². The predicted molar refractivity (Wildman–Crippen MR) is 178 cm³/mol. The first-order chi connectivity index (χ1) is 19.7. The first kappa shape index (κ1) is 26.2. The van der Waals surface area contributed by atoms with Crippen LogP contribution < -0.4 is 26.0 Å². The van der Waals surface area contributed by atoms with E-state index in [1.54, 1.807) is 0 Å². The van der Waals surface area contributed by atoms with Crippen LogP contribution in [0.25, 0.3) is 0 Å². The molecule has 0 saturated carbocycles. The smallest absolute Gasteiger partial charge is 0.256 e. The Morgan fingerprint density at radius 1 is 0.595 bits per heavy atom. The molecule has 4 aromatic rings. The Hall–Kier alpha value is -3.46. The summed E-state index contributed by atoms with van der Waals surface area (Å²) in [6, 6.07) is 25.7. The summed E-state index contributed by atoms with van der Waals surface area (Å²) in [4.78, 5) is 2.57. The van der Waals surface area contributed by atoms with Crippen molar-refractivity contribution in [2.45, 2.75) is 96.8 Å². The molecular weight excluding hydrogens is 509 g/mol. The van der Waals surface area contributed by atoms with E-state index in [4.69, 9.17) is 4.74 Å². The Morgan fingerprint density at radius 2 is 1.21 bits per heavy atom. The quantitative estimate of drug-likeness (QED) is 0.191. The van der Waals surface area contributed by atoms with Gasteiger partial charge >= 0.3 is 0 Å². The van der Waals surface area contributed by atoms with E-state index < -0.39 is 0 Å². The molecule has 2 aliphatic heterocycles. The Bertz CT molecular complexity index is 1840. The highest BCUT2D eigenvalue weighted by Gasteiger charge is 2.48. The molecule has 0 aromatic heterocycles. The highest BCUT2D eigenvalue weighted by Crippen LogP contribution is 2.54. The molecule has 0 N–H and O–H groups in total. The fourth-order valence-electron chi connectivity index (χ4n) is 9.68. The summed E-state index contributed by atoms with van der Waals surface area (Å²) in [7, 11) is 0. The van der Waals surface area contributed by atoms with Crippen molar-refractivity contribution in [2.75, 3.05) is 4.90 Å². The first-order valence-electron chi connectivity index (χ1n) is 15.7. The van der Waals surface area contributed by atoms with Crippen LogP contribution >= 0.6 is 0 Å². The van der Waals surface area contributed by atoms with Crippen molar-refractivity contribution in [3.8, 4) is 11.5 Å². The number of aryl methyl sites for hydroxylation is 1. The van der Waals surface area contributed by atoms with Gasteiger partial charge in [-0.25, -0.2) is 0 Å². The first-order valence-corrected chi connectivity index (χ1v) is 15.7. The lowest BCUT2D eigenvalue weighted by Gasteiger charge is -2.41. The molecule has 0 bridgehead atoms. The number of nitrogens with zero attached hydrogens (tertiary/aromatic N) is 1. The Kier molecular flexibility index (Phi) is 4.94. The Morgan fingerprint density at radius 3 is 1.93 bits per heavy atom. The van der Waals surface area contributed by atoms with Crippen molar-refractivity contribution < 1.29 is 4.74 Å². The van der Waals surface area contributed by atoms with E-state index in [1.807, 2.05) is 0 Å². The zero-order valence-corrected chi connectivity index (χ0v) is 26.7. The molecule has 3 heteroatoms. The molecule has 0 atom stereocenters. The van der Waals surface area contributed by atoms with Gasteiger partial charge in [-0.1, -0.05) is 85.7 Å². The molecule has 4 aliphatic rings. The number of ether oxygens (including phenoxy) is 1. The number of anilines is 3. The third kappa shape index (κ3) is 3.40. The molecule has 0 amide bonds. The van der Waals surface area contributed by atoms with Gasteiger partial charge in [-0.3, -0.25) is 0 Å². The van der Waals surface area contributed by atoms with Crippen molar-refractivity contribution in [3.63, 3.8) is 0 Å². The second-order valence-electron chi connectivity index (χ2n) is 16.2. The number of rotatable bonds is 1. The lowest BCUT2D eigenvalue weighted by atomic mass is 9.34. The van der Waals surface area contributed by atoms with Crippen LogP contribution in [0.2, 0.25) is 0 Å². The topological polar surface area (TPSA) is 12.5 Å². The van der Waals surface area contributed by atoms with Gasteiger partial charge in [0.15, 0.2) is 0 Å². The van der Waals surface area contributed by atoms with Gasteiger partial charge < -0.3 is 9.64 Å². The monoisotopic (exact) mass is 551 g/mol. The van der Waals surface area contributed by atoms with Crippen LogP contribution in [-0.4, -0.2) is 6.71 Å². The van der Waals surface area contributed by atoms with E-state index in [2.05, 4.69) is 134 Å². The Labute approximate surface area is 252 Å². The fraction of sp³-hybridized carbons (Fsp3) is 0.385. The van der Waals surface area contributed by atoms with Crippen molar-refractivity contribution >= 4 is 40.2 Å². The average molecular weight is 552 g/mol. The SMILES string of the molecule is Cc1cc2c3c(c1)N(c1ccc4c(c1)C(C)(C)CC4(C)C)c1cc4c(cc1B3c1ccccc1O2)C(C)(C)CC4(C)C. The molecule has 2 nitrogen and oxygen atoms in total. The number of fused-ring (bicyclic) bond motifs is 6. The van der Waals surface area contributed by atoms with Gasteiger partial charge in [0, 0.05) is 17.1 Å². The van der Waals surface area contributed by atoms with Crippen LogP contribution in [-0.2, 0) is 21.7 Å². The van der Waals surface area contributed by atoms with Crippen molar-refractivity contribution in [3.05, 3.63) is 94.5 Å². The van der Waals surface area contributed by atoms with E-state index >= 15 is 0 Å². The van der Waals surface area contributed by atoms with Crippen LogP contribution in [0.4, 0.5) is 17.1 Å². The molecule has 0 radical (unpaired) electrons. The highest BCUT2D eigenvalue weighted by atomic mass is 16.5. The van der Waals surface area contributed by atoms with Crippen molar-refractivity contribution in [1.29, 1.82) is 0 Å². The molecule has 4 aromatic carbocycles. The Balaban J connectivity index is 1.46. The zero-order chi connectivity index (χ0) is 29.6. The summed E-state index contributed by atoms with van der Waals surface area (Å²) in [5, 5.41) is 0. The summed E-state index contributed by atoms with van der Waals surface area (Å²) in [5.41, 5.74) is 15.5. The second kappa shape index (κ2) is 7.92. The third-order valence-corrected chi connectivity index (χ3v) is 10.9. The third-order valence-electron chi connectivity index (χ3n) is 10.9. The molecule has 0 spiro atoms. The van der Waals surface area contributed by atoms with Gasteiger partial charge in [0.05, 0.1) is 0 Å². The van der Waals surface area contributed by atoms with E-state index in [-0.39, 0.29) is 28.4 Å². The summed E-state index contributed by atoms with van der Waals surface area (Å²) >= 11 is 0. The molecule has 212 valence electrons. The minimum atomic E-state index is 0.120. The van der Waals surface area contributed by atoms with Gasteiger partial charge in [-0.15, -0.1) is 0 Å². The summed E-state index contributed by atoms with van der Waals surface area (Å²) < 4.78 is 6.68. The molecule has 0 saturated heterocycles. The molecule has 0 unspecified atom stereocenters. The largest absolute Gasteiger partial charge is 0.458 e. The number of hydrogen-bond acceptors (Lipinski definition) is 2. The van der Waals surface area contributed by atoms with E-state index in [1.165, 1.54) is 67.7 Å². The number of hydrogen-bond donors (Lipinski definition) is 0. The number of benzene rings is 4. The van der Waals surface area contributed by atoms with Crippen LogP contribution in [0.5, 0.6) is 11.5 Å². The van der Waals surface area contributed by atoms with Crippen LogP contribution in [0, 0.1) is 6.92 Å². The maximum absolute atomic E-state index is 6.68. The summed E-state index contributed by atoms with van der Waals surface area (Å²) in [6.07, 6.45) is 2.32. The molecule has 2 heterocycles. The van der Waals surface area contributed by atoms with Gasteiger partial charge in [0.25, 0.3) is 6.71 Å². The molecule has 0 fully saturated rings. The van der Waals surface area contributed by atoms with Crippen LogP contribution in [0.3, 0.4) is 0 Å². The molecule has 2 aliphatic carbocycles. The maximum atomic E-state index is 6.68. The van der Waals surface area contributed by atoms with Gasteiger partial charge in [0.2, 0.25) is 0 Å². The van der Waals surface area contributed by atoms with E-state index in [0.717, 1.165) is 17.9 Å². The van der Waals surface area contributed by atoms with Gasteiger partial charge in [-0.05, 0) is 122 Å². The summed E-state index contributed by atoms with van der Waals surface area (Å²) in [6.45, 7) is 21.7. The van der Waals surface area contributed by atoms with Gasteiger partial charge in [0.1, 0.15) is 11.5 Å². The molecular formula is C39H42BNO. The fourth-order valence-corrected chi connectivity index (χ4v) is 9.68. The number of para-hydroxylation sites is 1. The normalized spacial score (nSPS) is 20.7. The van der Waals surface area contributed by atoms with Crippen LogP contribution in [0.15, 0.2) is 66.7 Å². The minimum Gasteiger partial charge on any atom is -0.458 e. The highest BCUT2D eigenvalue weighted by molar-refractivity contribution is 6.99. The maximum Gasteiger partial charge on any atom is 0.256 e. The summed E-state index contributed by atoms with van der Waals surface area (Å²) in [5.74, 6) is 1.97. The van der Waals surface area contributed by atoms with Crippen LogP contribution in [0.1, 0.15) is 96.0 Å². The standard InChI is InChI=1S/C39H42BNO/c1-23-16-32-35-34(17-23)42-33-13-11-10-12-29(33)40(35)30-19-27-28(39(8,9)22-38(27,6)7)20-31(30)41(32)24-14-15-25-26(18-24)37(4,5)21-36(25,2)3/h10-20H,21-22H2,1-9H3. The predicted octanol–water partition coefficient (Wildman–Crippen LogP) is 8.32. The van der Waals surface area contributed by atoms with E-state index in [9.17, 15) is 0 Å². The lowest BCUT2D eigenvalue weighted by Crippen LogP contribution is -2.59. The molecule has 8 rings (SSSR count). The van der Waals surface area contributed by atoms with Gasteiger partial charge in [-0.2, -0.15) is 0 Å². The minimum absolute atomic E-state index is 0.120. The molecule has 42 heavy (non-hydrogen) atoms. The van der Waals surface area contributed by atoms with E-state index in [0.29, 0.717) is 0 Å². The average Bonchev–Trinajstić information content (AvgIpc) is 3.21. The second-order valence-corrected chi connectivity index (χ2v) is 16.2. The van der Waals surface area contributed by atoms with Crippen molar-refractivity contribution in [2.24, 2.45) is 0 Å².